The van der Waals surface area contributed by atoms with E-state index in [-0.39, 0.29) is 11.3 Å². The minimum atomic E-state index is -0.566. The van der Waals surface area contributed by atoms with Crippen LogP contribution in [0.5, 0.6) is 11.5 Å². The molecule has 5 nitrogen and oxygen atoms in total. The summed E-state index contributed by atoms with van der Waals surface area (Å²) in [5, 5.41) is 10.00. The highest BCUT2D eigenvalue weighted by atomic mass is 32.2. The zero-order valence-electron chi connectivity index (χ0n) is 15.3. The van der Waals surface area contributed by atoms with E-state index in [1.807, 2.05) is 18.2 Å². The molecule has 0 fully saturated rings. The van der Waals surface area contributed by atoms with E-state index in [4.69, 9.17) is 4.74 Å². The number of phenolic OH excluding ortho intramolecular Hbond substituents is 1. The quantitative estimate of drug-likeness (QED) is 0.475. The summed E-state index contributed by atoms with van der Waals surface area (Å²) < 4.78 is 13.4. The summed E-state index contributed by atoms with van der Waals surface area (Å²) in [6, 6.07) is 19.3. The highest BCUT2D eigenvalue weighted by Crippen LogP contribution is 2.33. The lowest BCUT2D eigenvalue weighted by Gasteiger charge is -2.10. The third-order valence-electron chi connectivity index (χ3n) is 4.55. The number of hydrogen-bond acceptors (Lipinski definition) is 6. The van der Waals surface area contributed by atoms with Gasteiger partial charge in [0.05, 0.1) is 13.7 Å². The van der Waals surface area contributed by atoms with Crippen LogP contribution in [0.1, 0.15) is 15.9 Å². The molecule has 0 bridgehead atoms. The van der Waals surface area contributed by atoms with Gasteiger partial charge in [-0.1, -0.05) is 18.2 Å². The lowest BCUT2D eigenvalue weighted by Crippen LogP contribution is -2.01. The third-order valence-corrected chi connectivity index (χ3v) is 5.37. The molecule has 6 heteroatoms. The predicted octanol–water partition coefficient (Wildman–Crippen LogP) is 4.90. The Balaban J connectivity index is 1.48. The molecule has 3 aromatic carbocycles. The van der Waals surface area contributed by atoms with Crippen molar-refractivity contribution in [1.82, 2.24) is 0 Å². The molecule has 3 aromatic rings. The van der Waals surface area contributed by atoms with Crippen molar-refractivity contribution in [3.05, 3.63) is 71.8 Å². The SMILES string of the molecule is COC(=O)c1ccc(NSc2cccc(-c3ccc4c(c3)CCO4)c2)cc1O. The largest absolute Gasteiger partial charge is 0.507 e. The molecule has 142 valence electrons. The average Bonchev–Trinajstić information content (AvgIpc) is 3.20. The van der Waals surface area contributed by atoms with Crippen molar-refractivity contribution in [3.8, 4) is 22.6 Å². The number of ether oxygens (including phenoxy) is 2. The first-order chi connectivity index (χ1) is 13.6. The summed E-state index contributed by atoms with van der Waals surface area (Å²) in [6.07, 6.45) is 0.949. The van der Waals surface area contributed by atoms with Gasteiger partial charge in [-0.2, -0.15) is 0 Å². The maximum absolute atomic E-state index is 11.6. The third kappa shape index (κ3) is 3.77. The van der Waals surface area contributed by atoms with E-state index in [1.54, 1.807) is 6.07 Å². The van der Waals surface area contributed by atoms with E-state index >= 15 is 0 Å². The van der Waals surface area contributed by atoms with Crippen LogP contribution < -0.4 is 9.46 Å². The van der Waals surface area contributed by atoms with Crippen LogP contribution in [-0.2, 0) is 11.2 Å². The molecule has 0 unspecified atom stereocenters. The topological polar surface area (TPSA) is 67.8 Å². The van der Waals surface area contributed by atoms with Crippen LogP contribution in [0, 0.1) is 0 Å². The number of carbonyl (C=O) groups is 1. The molecule has 28 heavy (non-hydrogen) atoms. The maximum atomic E-state index is 11.6. The second-order valence-electron chi connectivity index (χ2n) is 6.38. The van der Waals surface area contributed by atoms with Gasteiger partial charge in [0.25, 0.3) is 0 Å². The molecule has 0 saturated heterocycles. The van der Waals surface area contributed by atoms with Crippen molar-refractivity contribution in [3.63, 3.8) is 0 Å². The second-order valence-corrected chi connectivity index (χ2v) is 7.26. The summed E-state index contributed by atoms with van der Waals surface area (Å²) in [7, 11) is 1.28. The normalized spacial score (nSPS) is 12.2. The Labute approximate surface area is 167 Å². The Morgan fingerprint density at radius 2 is 1.96 bits per heavy atom. The molecular weight excluding hydrogens is 374 g/mol. The smallest absolute Gasteiger partial charge is 0.341 e. The molecule has 1 aliphatic rings. The van der Waals surface area contributed by atoms with Crippen LogP contribution >= 0.6 is 11.9 Å². The number of phenols is 1. The number of carbonyl (C=O) groups excluding carboxylic acids is 1. The van der Waals surface area contributed by atoms with E-state index in [0.29, 0.717) is 5.69 Å². The minimum absolute atomic E-state index is 0.119. The van der Waals surface area contributed by atoms with Crippen LogP contribution in [0.25, 0.3) is 11.1 Å². The number of benzene rings is 3. The molecule has 2 N–H and O–H groups in total. The Morgan fingerprint density at radius 3 is 2.79 bits per heavy atom. The monoisotopic (exact) mass is 393 g/mol. The predicted molar refractivity (Wildman–Crippen MR) is 110 cm³/mol. The molecule has 0 saturated carbocycles. The number of fused-ring (bicyclic) bond motifs is 1. The fourth-order valence-corrected chi connectivity index (χ4v) is 3.80. The van der Waals surface area contributed by atoms with Gasteiger partial charge in [-0.25, -0.2) is 4.79 Å². The number of anilines is 1. The number of aromatic hydroxyl groups is 1. The number of methoxy groups -OCH3 is 1. The van der Waals surface area contributed by atoms with Crippen molar-refractivity contribution in [1.29, 1.82) is 0 Å². The van der Waals surface area contributed by atoms with Crippen molar-refractivity contribution >= 4 is 23.6 Å². The van der Waals surface area contributed by atoms with Crippen LogP contribution in [0.3, 0.4) is 0 Å². The number of esters is 1. The van der Waals surface area contributed by atoms with Crippen LogP contribution in [0.2, 0.25) is 0 Å². The molecule has 1 heterocycles. The summed E-state index contributed by atoms with van der Waals surface area (Å²) in [5.41, 5.74) is 4.36. The Morgan fingerprint density at radius 1 is 1.11 bits per heavy atom. The molecule has 4 rings (SSSR count). The van der Waals surface area contributed by atoms with Gasteiger partial charge in [-0.3, -0.25) is 0 Å². The average molecular weight is 393 g/mol. The van der Waals surface area contributed by atoms with Gasteiger partial charge in [0.1, 0.15) is 17.1 Å². The van der Waals surface area contributed by atoms with E-state index in [1.165, 1.54) is 36.8 Å². The standard InChI is InChI=1S/C22H19NO4S/c1-26-22(25)19-7-6-17(13-20(19)24)23-28-18-4-2-3-14(12-18)15-5-8-21-16(11-15)9-10-27-21/h2-8,11-13,23-24H,9-10H2,1H3. The number of rotatable bonds is 5. The van der Waals surface area contributed by atoms with Gasteiger partial charge >= 0.3 is 5.97 Å². The first-order valence-corrected chi connectivity index (χ1v) is 9.66. The van der Waals surface area contributed by atoms with Gasteiger partial charge < -0.3 is 19.3 Å². The van der Waals surface area contributed by atoms with E-state index in [9.17, 15) is 9.90 Å². The fraction of sp³-hybridized carbons (Fsp3) is 0.136. The van der Waals surface area contributed by atoms with Crippen molar-refractivity contribution in [2.24, 2.45) is 0 Å². The lowest BCUT2D eigenvalue weighted by atomic mass is 10.0. The highest BCUT2D eigenvalue weighted by Gasteiger charge is 2.13. The first-order valence-electron chi connectivity index (χ1n) is 8.84. The van der Waals surface area contributed by atoms with E-state index in [2.05, 4.69) is 33.7 Å². The Hall–Kier alpha value is -3.12. The van der Waals surface area contributed by atoms with Gasteiger partial charge in [-0.05, 0) is 65.0 Å². The van der Waals surface area contributed by atoms with Gasteiger partial charge in [0.2, 0.25) is 0 Å². The molecule has 0 aliphatic carbocycles. The summed E-state index contributed by atoms with van der Waals surface area (Å²) in [4.78, 5) is 12.6. The Bertz CT molecular complexity index is 1030. The van der Waals surface area contributed by atoms with Crippen LogP contribution in [0.4, 0.5) is 5.69 Å². The molecule has 0 spiro atoms. The number of hydrogen-bond donors (Lipinski definition) is 2. The van der Waals surface area contributed by atoms with Crippen molar-refractivity contribution in [2.75, 3.05) is 18.4 Å². The molecule has 0 radical (unpaired) electrons. The van der Waals surface area contributed by atoms with Crippen LogP contribution in [-0.4, -0.2) is 24.8 Å². The lowest BCUT2D eigenvalue weighted by molar-refractivity contribution is 0.0597. The summed E-state index contributed by atoms with van der Waals surface area (Å²) in [5.74, 6) is 0.293. The highest BCUT2D eigenvalue weighted by molar-refractivity contribution is 8.00. The zero-order valence-corrected chi connectivity index (χ0v) is 16.1. The molecule has 1 aliphatic heterocycles. The molecule has 0 aromatic heterocycles. The summed E-state index contributed by atoms with van der Waals surface area (Å²) in [6.45, 7) is 0.750. The molecule has 0 amide bonds. The first kappa shape index (κ1) is 18.3. The number of nitrogens with one attached hydrogen (secondary N) is 1. The van der Waals surface area contributed by atoms with Crippen molar-refractivity contribution in [2.45, 2.75) is 11.3 Å². The maximum Gasteiger partial charge on any atom is 0.341 e. The van der Waals surface area contributed by atoms with E-state index in [0.717, 1.165) is 34.8 Å². The molecular formula is C22H19NO4S. The molecule has 0 atom stereocenters. The van der Waals surface area contributed by atoms with Crippen molar-refractivity contribution < 1.29 is 19.4 Å². The minimum Gasteiger partial charge on any atom is -0.507 e. The van der Waals surface area contributed by atoms with Gasteiger partial charge in [0.15, 0.2) is 0 Å². The van der Waals surface area contributed by atoms with E-state index < -0.39 is 5.97 Å². The Kier molecular flexibility index (Phi) is 5.12. The second kappa shape index (κ2) is 7.86. The zero-order chi connectivity index (χ0) is 19.5. The fourth-order valence-electron chi connectivity index (χ4n) is 3.10. The van der Waals surface area contributed by atoms with Gasteiger partial charge in [-0.15, -0.1) is 0 Å². The van der Waals surface area contributed by atoms with Crippen LogP contribution in [0.15, 0.2) is 65.6 Å². The summed E-state index contributed by atoms with van der Waals surface area (Å²) >= 11 is 1.43. The van der Waals surface area contributed by atoms with Gasteiger partial charge in [0, 0.05) is 23.1 Å².